The Morgan fingerprint density at radius 1 is 1.10 bits per heavy atom. The van der Waals surface area contributed by atoms with Crippen LogP contribution < -0.4 is 4.90 Å². The van der Waals surface area contributed by atoms with Gasteiger partial charge in [0.15, 0.2) is 0 Å². The van der Waals surface area contributed by atoms with Crippen molar-refractivity contribution in [2.45, 2.75) is 19.4 Å². The SMILES string of the molecule is CC(C=C1C(=O)N(c2ccccc2)C1c1ccccc1)=NOCCCN1CCOCC1. The summed E-state index contributed by atoms with van der Waals surface area (Å²) < 4.78 is 5.36. The van der Waals surface area contributed by atoms with Gasteiger partial charge in [-0.05, 0) is 37.1 Å². The lowest BCUT2D eigenvalue weighted by Crippen LogP contribution is -2.49. The van der Waals surface area contributed by atoms with E-state index in [1.807, 2.05) is 66.4 Å². The number of carbonyl (C=O) groups is 1. The normalized spacial score (nSPS) is 21.3. The topological polar surface area (TPSA) is 54.4 Å². The first-order chi connectivity index (χ1) is 15.2. The van der Waals surface area contributed by atoms with Crippen molar-refractivity contribution < 1.29 is 14.4 Å². The van der Waals surface area contributed by atoms with Gasteiger partial charge in [0.25, 0.3) is 5.91 Å². The Bertz CT molecular complexity index is 922. The molecule has 1 atom stereocenters. The zero-order chi connectivity index (χ0) is 21.5. The first kappa shape index (κ1) is 21.3. The minimum Gasteiger partial charge on any atom is -0.396 e. The highest BCUT2D eigenvalue weighted by Crippen LogP contribution is 2.42. The molecule has 2 heterocycles. The second kappa shape index (κ2) is 10.4. The lowest BCUT2D eigenvalue weighted by atomic mass is 9.86. The monoisotopic (exact) mass is 419 g/mol. The quantitative estimate of drug-likeness (QED) is 0.215. The van der Waals surface area contributed by atoms with Crippen LogP contribution in [-0.2, 0) is 14.4 Å². The Hall–Kier alpha value is -2.96. The number of allylic oxidation sites excluding steroid dienone is 1. The number of oxime groups is 1. The Kier molecular flexibility index (Phi) is 7.12. The Morgan fingerprint density at radius 2 is 1.77 bits per heavy atom. The van der Waals surface area contributed by atoms with Crippen LogP contribution >= 0.6 is 0 Å². The maximum absolute atomic E-state index is 13.0. The molecule has 162 valence electrons. The predicted octanol–water partition coefficient (Wildman–Crippen LogP) is 3.82. The molecule has 2 aliphatic heterocycles. The highest BCUT2D eigenvalue weighted by atomic mass is 16.6. The van der Waals surface area contributed by atoms with Crippen LogP contribution in [0.2, 0.25) is 0 Å². The van der Waals surface area contributed by atoms with E-state index < -0.39 is 0 Å². The molecular weight excluding hydrogens is 390 g/mol. The van der Waals surface area contributed by atoms with Crippen LogP contribution in [0.15, 0.2) is 77.5 Å². The number of amides is 1. The van der Waals surface area contributed by atoms with Gasteiger partial charge in [-0.25, -0.2) is 0 Å². The van der Waals surface area contributed by atoms with E-state index in [4.69, 9.17) is 9.57 Å². The van der Waals surface area contributed by atoms with Gasteiger partial charge in [0.05, 0.1) is 25.0 Å². The number of rotatable bonds is 8. The van der Waals surface area contributed by atoms with E-state index in [1.165, 1.54) is 0 Å². The summed E-state index contributed by atoms with van der Waals surface area (Å²) in [5.74, 6) is 0.00178. The fourth-order valence-corrected chi connectivity index (χ4v) is 3.98. The maximum Gasteiger partial charge on any atom is 0.257 e. The molecule has 0 N–H and O–H groups in total. The fraction of sp³-hybridized carbons (Fsp3) is 0.360. The van der Waals surface area contributed by atoms with Crippen molar-refractivity contribution in [3.05, 3.63) is 77.9 Å². The largest absolute Gasteiger partial charge is 0.396 e. The molecule has 0 aliphatic carbocycles. The van der Waals surface area contributed by atoms with E-state index in [1.54, 1.807) is 0 Å². The van der Waals surface area contributed by atoms with E-state index in [-0.39, 0.29) is 11.9 Å². The van der Waals surface area contributed by atoms with Crippen LogP contribution in [-0.4, -0.2) is 56.0 Å². The number of nitrogens with zero attached hydrogens (tertiary/aromatic N) is 3. The summed E-state index contributed by atoms with van der Waals surface area (Å²) in [5.41, 5.74) is 3.40. The van der Waals surface area contributed by atoms with Crippen molar-refractivity contribution in [3.63, 3.8) is 0 Å². The van der Waals surface area contributed by atoms with Gasteiger partial charge < -0.3 is 9.57 Å². The van der Waals surface area contributed by atoms with Crippen molar-refractivity contribution in [3.8, 4) is 0 Å². The molecule has 0 saturated carbocycles. The highest BCUT2D eigenvalue weighted by Gasteiger charge is 2.43. The van der Waals surface area contributed by atoms with Crippen LogP contribution in [0.1, 0.15) is 24.9 Å². The number of ether oxygens (including phenoxy) is 1. The third-order valence-corrected chi connectivity index (χ3v) is 5.55. The van der Waals surface area contributed by atoms with Crippen molar-refractivity contribution in [2.75, 3.05) is 44.4 Å². The summed E-state index contributed by atoms with van der Waals surface area (Å²) in [6.07, 6.45) is 2.77. The summed E-state index contributed by atoms with van der Waals surface area (Å²) in [5, 5.41) is 4.22. The molecule has 6 heteroatoms. The molecule has 0 spiro atoms. The average molecular weight is 420 g/mol. The first-order valence-corrected chi connectivity index (χ1v) is 10.9. The van der Waals surface area contributed by atoms with Gasteiger partial charge in [-0.3, -0.25) is 14.6 Å². The van der Waals surface area contributed by atoms with Crippen molar-refractivity contribution in [2.24, 2.45) is 5.16 Å². The molecule has 2 aromatic carbocycles. The van der Waals surface area contributed by atoms with Gasteiger partial charge in [-0.2, -0.15) is 0 Å². The molecule has 4 rings (SSSR count). The molecule has 0 bridgehead atoms. The van der Waals surface area contributed by atoms with Gasteiger partial charge in [0.1, 0.15) is 6.61 Å². The Balaban J connectivity index is 1.40. The number of benzene rings is 2. The molecule has 0 radical (unpaired) electrons. The summed E-state index contributed by atoms with van der Waals surface area (Å²) in [4.78, 5) is 22.7. The number of hydrogen-bond donors (Lipinski definition) is 0. The minimum absolute atomic E-state index is 0.00178. The number of carbonyl (C=O) groups excluding carboxylic acids is 1. The van der Waals surface area contributed by atoms with Crippen molar-refractivity contribution in [1.29, 1.82) is 0 Å². The van der Waals surface area contributed by atoms with Crippen molar-refractivity contribution in [1.82, 2.24) is 4.90 Å². The maximum atomic E-state index is 13.0. The van der Waals surface area contributed by atoms with Crippen LogP contribution in [0, 0.1) is 0 Å². The van der Waals surface area contributed by atoms with E-state index in [0.29, 0.717) is 12.3 Å². The van der Waals surface area contributed by atoms with E-state index in [2.05, 4.69) is 22.2 Å². The summed E-state index contributed by atoms with van der Waals surface area (Å²) in [7, 11) is 0. The van der Waals surface area contributed by atoms with Gasteiger partial charge in [0, 0.05) is 30.9 Å². The summed E-state index contributed by atoms with van der Waals surface area (Å²) in [6, 6.07) is 19.7. The van der Waals surface area contributed by atoms with Crippen LogP contribution in [0.4, 0.5) is 5.69 Å². The second-order valence-electron chi connectivity index (χ2n) is 7.80. The Morgan fingerprint density at radius 3 is 2.48 bits per heavy atom. The molecule has 2 aromatic rings. The molecule has 6 nitrogen and oxygen atoms in total. The molecule has 0 aromatic heterocycles. The van der Waals surface area contributed by atoms with Gasteiger partial charge in [-0.1, -0.05) is 53.7 Å². The molecule has 31 heavy (non-hydrogen) atoms. The highest BCUT2D eigenvalue weighted by molar-refractivity contribution is 6.18. The Labute approximate surface area is 183 Å². The van der Waals surface area contributed by atoms with Gasteiger partial charge in [0.2, 0.25) is 0 Å². The smallest absolute Gasteiger partial charge is 0.257 e. The van der Waals surface area contributed by atoms with E-state index >= 15 is 0 Å². The fourth-order valence-electron chi connectivity index (χ4n) is 3.98. The predicted molar refractivity (Wildman–Crippen MR) is 122 cm³/mol. The number of anilines is 1. The standard InChI is InChI=1S/C25H29N3O3/c1-20(26-31-16-8-13-27-14-17-30-18-15-27)19-23-24(21-9-4-2-5-10-21)28(25(23)29)22-11-6-3-7-12-22/h2-7,9-12,19,24H,8,13-18H2,1H3. The summed E-state index contributed by atoms with van der Waals surface area (Å²) >= 11 is 0. The minimum atomic E-state index is -0.123. The number of hydrogen-bond acceptors (Lipinski definition) is 5. The molecular formula is C25H29N3O3. The van der Waals surface area contributed by atoms with Crippen LogP contribution in [0.25, 0.3) is 0 Å². The van der Waals surface area contributed by atoms with E-state index in [0.717, 1.165) is 56.1 Å². The van der Waals surface area contributed by atoms with E-state index in [9.17, 15) is 4.79 Å². The molecule has 2 aliphatic rings. The number of β-lactam (4-membered cyclic amide) rings is 1. The van der Waals surface area contributed by atoms with Crippen molar-refractivity contribution >= 4 is 17.3 Å². The lowest BCUT2D eigenvalue weighted by molar-refractivity contribution is -0.119. The number of para-hydroxylation sites is 1. The molecule has 2 fully saturated rings. The third-order valence-electron chi connectivity index (χ3n) is 5.55. The zero-order valence-corrected chi connectivity index (χ0v) is 17.9. The lowest BCUT2D eigenvalue weighted by Gasteiger charge is -2.43. The van der Waals surface area contributed by atoms with Crippen LogP contribution in [0.5, 0.6) is 0 Å². The average Bonchev–Trinajstić information content (AvgIpc) is 2.82. The molecule has 1 amide bonds. The molecule has 2 saturated heterocycles. The second-order valence-corrected chi connectivity index (χ2v) is 7.80. The van der Waals surface area contributed by atoms with Gasteiger partial charge in [-0.15, -0.1) is 0 Å². The third kappa shape index (κ3) is 5.21. The van der Waals surface area contributed by atoms with Gasteiger partial charge >= 0.3 is 0 Å². The zero-order valence-electron chi connectivity index (χ0n) is 17.9. The first-order valence-electron chi connectivity index (χ1n) is 10.9. The molecule has 1 unspecified atom stereocenters. The summed E-state index contributed by atoms with van der Waals surface area (Å²) in [6.45, 7) is 6.99. The number of morpholine rings is 1. The van der Waals surface area contributed by atoms with Crippen LogP contribution in [0.3, 0.4) is 0 Å².